The molecule has 0 fully saturated rings. The van der Waals surface area contributed by atoms with Gasteiger partial charge in [-0.2, -0.15) is 0 Å². The number of hydrogen-bond donors (Lipinski definition) is 1. The van der Waals surface area contributed by atoms with Crippen molar-refractivity contribution in [2.45, 2.75) is 13.0 Å². The van der Waals surface area contributed by atoms with Crippen molar-refractivity contribution in [2.24, 2.45) is 0 Å². The van der Waals surface area contributed by atoms with E-state index in [2.05, 4.69) is 40.3 Å². The van der Waals surface area contributed by atoms with Gasteiger partial charge in [-0.15, -0.1) is 0 Å². The predicted octanol–water partition coefficient (Wildman–Crippen LogP) is 4.21. The molecule has 1 N–H and O–H groups in total. The van der Waals surface area contributed by atoms with Crippen LogP contribution in [0.25, 0.3) is 0 Å². The van der Waals surface area contributed by atoms with Gasteiger partial charge in [0.2, 0.25) is 0 Å². The summed E-state index contributed by atoms with van der Waals surface area (Å²) in [6.07, 6.45) is 0. The Morgan fingerprint density at radius 3 is 2.50 bits per heavy atom. The zero-order chi connectivity index (χ0) is 13.1. The molecular formula is C15H15BrFN. The molecule has 94 valence electrons. The van der Waals surface area contributed by atoms with Gasteiger partial charge in [-0.25, -0.2) is 4.39 Å². The second kappa shape index (κ2) is 5.63. The average molecular weight is 308 g/mol. The van der Waals surface area contributed by atoms with Crippen LogP contribution < -0.4 is 5.32 Å². The molecule has 2 aromatic carbocycles. The van der Waals surface area contributed by atoms with Crippen molar-refractivity contribution in [1.82, 2.24) is 5.32 Å². The molecule has 0 aromatic heterocycles. The minimum atomic E-state index is -0.220. The van der Waals surface area contributed by atoms with E-state index in [9.17, 15) is 4.39 Å². The van der Waals surface area contributed by atoms with Gasteiger partial charge in [-0.3, -0.25) is 0 Å². The van der Waals surface area contributed by atoms with E-state index in [0.29, 0.717) is 0 Å². The van der Waals surface area contributed by atoms with Crippen molar-refractivity contribution in [3.63, 3.8) is 0 Å². The maximum absolute atomic E-state index is 13.4. The van der Waals surface area contributed by atoms with Gasteiger partial charge in [-0.1, -0.05) is 40.2 Å². The molecule has 0 saturated carbocycles. The topological polar surface area (TPSA) is 12.0 Å². The Balaban J connectivity index is 2.52. The molecule has 0 saturated heterocycles. The second-order valence-corrected chi connectivity index (χ2v) is 5.10. The lowest BCUT2D eigenvalue weighted by Crippen LogP contribution is -2.19. The lowest BCUT2D eigenvalue weighted by atomic mass is 9.95. The van der Waals surface area contributed by atoms with E-state index in [1.165, 1.54) is 11.6 Å². The Bertz CT molecular complexity index is 554. The quantitative estimate of drug-likeness (QED) is 0.896. The summed E-state index contributed by atoms with van der Waals surface area (Å²) >= 11 is 3.49. The highest BCUT2D eigenvalue weighted by molar-refractivity contribution is 9.10. The van der Waals surface area contributed by atoms with Crippen molar-refractivity contribution in [1.29, 1.82) is 0 Å². The van der Waals surface area contributed by atoms with Crippen LogP contribution in [-0.2, 0) is 0 Å². The highest BCUT2D eigenvalue weighted by Gasteiger charge is 2.17. The Labute approximate surface area is 115 Å². The van der Waals surface area contributed by atoms with Gasteiger partial charge in [0.15, 0.2) is 0 Å². The van der Waals surface area contributed by atoms with Gasteiger partial charge in [0.25, 0.3) is 0 Å². The van der Waals surface area contributed by atoms with Crippen molar-refractivity contribution in [3.05, 3.63) is 69.4 Å². The minimum absolute atomic E-state index is 0.0173. The molecule has 0 spiro atoms. The molecule has 0 radical (unpaired) electrons. The number of aryl methyl sites for hydroxylation is 1. The van der Waals surface area contributed by atoms with E-state index >= 15 is 0 Å². The summed E-state index contributed by atoms with van der Waals surface area (Å²) in [4.78, 5) is 0. The Morgan fingerprint density at radius 1 is 1.11 bits per heavy atom. The van der Waals surface area contributed by atoms with Crippen molar-refractivity contribution < 1.29 is 4.39 Å². The summed E-state index contributed by atoms with van der Waals surface area (Å²) in [6.45, 7) is 2.06. The van der Waals surface area contributed by atoms with E-state index in [1.54, 1.807) is 12.1 Å². The van der Waals surface area contributed by atoms with Crippen molar-refractivity contribution in [3.8, 4) is 0 Å². The molecule has 0 aliphatic rings. The van der Waals surface area contributed by atoms with Gasteiger partial charge in [0.05, 0.1) is 6.04 Å². The van der Waals surface area contributed by atoms with E-state index < -0.39 is 0 Å². The summed E-state index contributed by atoms with van der Waals surface area (Å²) < 4.78 is 14.3. The third-order valence-corrected chi connectivity index (χ3v) is 3.78. The Morgan fingerprint density at radius 2 is 1.83 bits per heavy atom. The van der Waals surface area contributed by atoms with Gasteiger partial charge < -0.3 is 5.32 Å². The van der Waals surface area contributed by atoms with E-state index in [1.807, 2.05) is 19.2 Å². The van der Waals surface area contributed by atoms with Gasteiger partial charge in [0.1, 0.15) is 5.82 Å². The third kappa shape index (κ3) is 2.62. The van der Waals surface area contributed by atoms with Crippen LogP contribution in [0.4, 0.5) is 4.39 Å². The number of nitrogens with one attached hydrogen (secondary N) is 1. The highest BCUT2D eigenvalue weighted by Crippen LogP contribution is 2.30. The maximum Gasteiger partial charge on any atom is 0.123 e. The zero-order valence-corrected chi connectivity index (χ0v) is 12.0. The van der Waals surface area contributed by atoms with Crippen LogP contribution in [0, 0.1) is 12.7 Å². The molecule has 1 atom stereocenters. The van der Waals surface area contributed by atoms with Crippen LogP contribution in [0.1, 0.15) is 22.7 Å². The van der Waals surface area contributed by atoms with Crippen LogP contribution in [0.3, 0.4) is 0 Å². The normalized spacial score (nSPS) is 12.4. The summed E-state index contributed by atoms with van der Waals surface area (Å²) in [6, 6.07) is 12.9. The summed E-state index contributed by atoms with van der Waals surface area (Å²) in [7, 11) is 1.88. The maximum atomic E-state index is 13.4. The lowest BCUT2D eigenvalue weighted by Gasteiger charge is -2.20. The molecule has 0 amide bonds. The second-order valence-electron chi connectivity index (χ2n) is 4.24. The number of benzene rings is 2. The van der Waals surface area contributed by atoms with E-state index in [-0.39, 0.29) is 11.9 Å². The first kappa shape index (κ1) is 13.2. The van der Waals surface area contributed by atoms with Crippen LogP contribution in [0.15, 0.2) is 46.9 Å². The zero-order valence-electron chi connectivity index (χ0n) is 10.4. The summed E-state index contributed by atoms with van der Waals surface area (Å²) in [5, 5.41) is 3.25. The largest absolute Gasteiger partial charge is 0.309 e. The van der Waals surface area contributed by atoms with Crippen molar-refractivity contribution >= 4 is 15.9 Å². The molecule has 3 heteroatoms. The monoisotopic (exact) mass is 307 g/mol. The average Bonchev–Trinajstić information content (AvgIpc) is 2.36. The van der Waals surface area contributed by atoms with Crippen LogP contribution >= 0.6 is 15.9 Å². The van der Waals surface area contributed by atoms with Gasteiger partial charge in [0, 0.05) is 4.47 Å². The first-order valence-corrected chi connectivity index (χ1v) is 6.60. The fourth-order valence-corrected chi connectivity index (χ4v) is 2.60. The highest BCUT2D eigenvalue weighted by atomic mass is 79.9. The van der Waals surface area contributed by atoms with E-state index in [0.717, 1.165) is 15.6 Å². The first-order chi connectivity index (χ1) is 8.63. The number of hydrogen-bond acceptors (Lipinski definition) is 1. The first-order valence-electron chi connectivity index (χ1n) is 5.81. The van der Waals surface area contributed by atoms with Gasteiger partial charge in [-0.05, 0) is 48.9 Å². The van der Waals surface area contributed by atoms with E-state index in [4.69, 9.17) is 0 Å². The number of rotatable bonds is 3. The minimum Gasteiger partial charge on any atom is -0.309 e. The Hall–Kier alpha value is -1.19. The van der Waals surface area contributed by atoms with Crippen LogP contribution in [0.5, 0.6) is 0 Å². The number of halogens is 2. The van der Waals surface area contributed by atoms with Crippen molar-refractivity contribution in [2.75, 3.05) is 7.05 Å². The lowest BCUT2D eigenvalue weighted by molar-refractivity contribution is 0.615. The Kier molecular flexibility index (Phi) is 4.15. The molecule has 0 bridgehead atoms. The fourth-order valence-electron chi connectivity index (χ4n) is 2.13. The molecule has 1 nitrogen and oxygen atoms in total. The van der Waals surface area contributed by atoms with Crippen LogP contribution in [0.2, 0.25) is 0 Å². The predicted molar refractivity (Wildman–Crippen MR) is 76.2 cm³/mol. The molecule has 0 aliphatic heterocycles. The SMILES string of the molecule is CNC(c1ccccc1C)c1cc(F)ccc1Br. The third-order valence-electron chi connectivity index (χ3n) is 3.06. The molecule has 0 heterocycles. The smallest absolute Gasteiger partial charge is 0.123 e. The molecule has 2 rings (SSSR count). The fraction of sp³-hybridized carbons (Fsp3) is 0.200. The van der Waals surface area contributed by atoms with Crippen LogP contribution in [-0.4, -0.2) is 7.05 Å². The molecule has 0 aliphatic carbocycles. The summed E-state index contributed by atoms with van der Waals surface area (Å²) in [5.41, 5.74) is 3.26. The standard InChI is InChI=1S/C15H15BrFN/c1-10-5-3-4-6-12(10)15(18-2)13-9-11(17)7-8-14(13)16/h3-9,15,18H,1-2H3. The molecule has 18 heavy (non-hydrogen) atoms. The van der Waals surface area contributed by atoms with Gasteiger partial charge >= 0.3 is 0 Å². The molecular weight excluding hydrogens is 293 g/mol. The summed E-state index contributed by atoms with van der Waals surface area (Å²) in [5.74, 6) is -0.220. The molecule has 1 unspecified atom stereocenters. The molecule has 2 aromatic rings.